The van der Waals surface area contributed by atoms with Gasteiger partial charge < -0.3 is 61.5 Å². The van der Waals surface area contributed by atoms with Crippen molar-refractivity contribution in [2.45, 2.75) is 0 Å². The van der Waals surface area contributed by atoms with Crippen LogP contribution in [0.1, 0.15) is 0 Å². The van der Waals surface area contributed by atoms with E-state index in [0.717, 1.165) is 0 Å². The molecule has 122 valence electrons. The summed E-state index contributed by atoms with van der Waals surface area (Å²) >= 11 is 0. The van der Waals surface area contributed by atoms with Crippen molar-refractivity contribution in [3.05, 3.63) is 24.8 Å². The van der Waals surface area contributed by atoms with Crippen LogP contribution in [0.2, 0.25) is 0 Å². The van der Waals surface area contributed by atoms with Gasteiger partial charge in [-0.05, 0) is 0 Å². The Labute approximate surface area is 135 Å². The first kappa shape index (κ1) is 146. The first-order chi connectivity index (χ1) is 3.00. The minimum atomic E-state index is 0. The Morgan fingerprint density at radius 2 is 0.444 bits per heavy atom. The number of nitrogens with zero attached hydrogens (tertiary/aromatic N) is 2. The number of aromatic nitrogens is 2. The number of hydrogen-bond acceptors (Lipinski definition) is 12. The van der Waals surface area contributed by atoms with E-state index in [4.69, 9.17) is 0 Å². The predicted octanol–water partition coefficient (Wildman–Crippen LogP) is 2.09. The standard InChI is InChI=1S/C4H4N2.10H3N.2Ru/c1-2-6-4-3-5-1;;;;;;;;;;;;/h1-4H;10*1H3;;/q;;;;;;;;;;;2*+2. The summed E-state index contributed by atoms with van der Waals surface area (Å²) < 4.78 is 0. The molecule has 12 nitrogen and oxygen atoms in total. The van der Waals surface area contributed by atoms with E-state index in [0.29, 0.717) is 0 Å². The Hall–Kier alpha value is -0.0732. The average Bonchev–Trinajstić information content (AvgIpc) is 1.72. The molecule has 0 aliphatic heterocycles. The second-order valence-corrected chi connectivity index (χ2v) is 0.894. The first-order valence-electron chi connectivity index (χ1n) is 1.70. The molecule has 0 saturated carbocycles. The fraction of sp³-hybridized carbons (Fsp3) is 0. The van der Waals surface area contributed by atoms with Crippen molar-refractivity contribution in [3.8, 4) is 0 Å². The van der Waals surface area contributed by atoms with Gasteiger partial charge in [0.15, 0.2) is 0 Å². The molecular weight excluding hydrogens is 418 g/mol. The van der Waals surface area contributed by atoms with Gasteiger partial charge in [-0.15, -0.1) is 0 Å². The Kier molecular flexibility index (Phi) is 993. The minimum absolute atomic E-state index is 0. The smallest absolute Gasteiger partial charge is 0.344 e. The molecule has 0 saturated heterocycles. The van der Waals surface area contributed by atoms with Gasteiger partial charge in [0.1, 0.15) is 0 Å². The van der Waals surface area contributed by atoms with Gasteiger partial charge in [-0.25, -0.2) is 0 Å². The Bertz CT molecular complexity index is 94.0. The monoisotopic (exact) mass is 454 g/mol. The second kappa shape index (κ2) is 122. The van der Waals surface area contributed by atoms with Crippen molar-refractivity contribution >= 4 is 0 Å². The van der Waals surface area contributed by atoms with Crippen molar-refractivity contribution in [1.82, 2.24) is 71.5 Å². The van der Waals surface area contributed by atoms with Crippen LogP contribution in [0.4, 0.5) is 0 Å². The summed E-state index contributed by atoms with van der Waals surface area (Å²) in [6.07, 6.45) is 6.56. The van der Waals surface area contributed by atoms with Crippen LogP contribution in [-0.2, 0) is 39.0 Å². The van der Waals surface area contributed by atoms with E-state index in [9.17, 15) is 0 Å². The molecule has 0 spiro atoms. The van der Waals surface area contributed by atoms with Gasteiger partial charge in [0.05, 0.1) is 0 Å². The molecule has 14 heteroatoms. The second-order valence-electron chi connectivity index (χ2n) is 0.894. The summed E-state index contributed by atoms with van der Waals surface area (Å²) in [7, 11) is 0. The molecule has 0 aromatic carbocycles. The van der Waals surface area contributed by atoms with Gasteiger partial charge in [0.25, 0.3) is 0 Å². The zero-order valence-electron chi connectivity index (χ0n) is 11.0. The third kappa shape index (κ3) is 101. The summed E-state index contributed by atoms with van der Waals surface area (Å²) in [4.78, 5) is 7.44. The molecule has 1 aromatic rings. The summed E-state index contributed by atoms with van der Waals surface area (Å²) in [5.41, 5.74) is 0. The van der Waals surface area contributed by atoms with E-state index in [2.05, 4.69) is 9.97 Å². The average molecular weight is 453 g/mol. The van der Waals surface area contributed by atoms with Crippen LogP contribution >= 0.6 is 0 Å². The van der Waals surface area contributed by atoms with Gasteiger partial charge in [-0.1, -0.05) is 0 Å². The maximum absolute atomic E-state index is 3.72. The van der Waals surface area contributed by atoms with Gasteiger partial charge in [0, 0.05) is 24.8 Å². The van der Waals surface area contributed by atoms with Gasteiger partial charge in [-0.3, -0.25) is 9.97 Å². The van der Waals surface area contributed by atoms with Gasteiger partial charge in [-0.2, -0.15) is 0 Å². The third-order valence-electron chi connectivity index (χ3n) is 0.478. The first-order valence-corrected chi connectivity index (χ1v) is 1.70. The maximum Gasteiger partial charge on any atom is 2.00 e. The molecule has 1 heterocycles. The number of hydrogen-bond donors (Lipinski definition) is 10. The van der Waals surface area contributed by atoms with Crippen molar-refractivity contribution in [2.75, 3.05) is 0 Å². The van der Waals surface area contributed by atoms with Crippen LogP contribution in [0.5, 0.6) is 0 Å². The zero-order valence-corrected chi connectivity index (χ0v) is 14.5. The van der Waals surface area contributed by atoms with Gasteiger partial charge >= 0.3 is 39.0 Å². The van der Waals surface area contributed by atoms with E-state index in [1.54, 1.807) is 24.8 Å². The normalized spacial score (nSPS) is 2.67. The molecule has 0 aliphatic carbocycles. The summed E-state index contributed by atoms with van der Waals surface area (Å²) in [6, 6.07) is 0. The fourth-order valence-corrected chi connectivity index (χ4v) is 0.253. The maximum atomic E-state index is 3.72. The van der Waals surface area contributed by atoms with E-state index in [-0.39, 0.29) is 100 Å². The largest absolute Gasteiger partial charge is 2.00 e. The minimum Gasteiger partial charge on any atom is -0.344 e. The summed E-state index contributed by atoms with van der Waals surface area (Å²) in [5, 5.41) is 0. The van der Waals surface area contributed by atoms with Gasteiger partial charge in [0.2, 0.25) is 0 Å². The quantitative estimate of drug-likeness (QED) is 0.253. The van der Waals surface area contributed by atoms with Crippen molar-refractivity contribution < 1.29 is 39.0 Å². The van der Waals surface area contributed by atoms with Crippen LogP contribution < -0.4 is 61.5 Å². The van der Waals surface area contributed by atoms with Crippen molar-refractivity contribution in [2.24, 2.45) is 0 Å². The molecule has 0 bridgehead atoms. The van der Waals surface area contributed by atoms with E-state index in [1.807, 2.05) is 0 Å². The number of rotatable bonds is 0. The molecule has 0 unspecified atom stereocenters. The Morgan fingerprint density at radius 1 is 0.333 bits per heavy atom. The molecule has 0 amide bonds. The topological polar surface area (TPSA) is 376 Å². The Morgan fingerprint density at radius 3 is 0.500 bits per heavy atom. The van der Waals surface area contributed by atoms with Crippen LogP contribution in [0.3, 0.4) is 0 Å². The molecule has 1 rings (SSSR count). The van der Waals surface area contributed by atoms with E-state index < -0.39 is 0 Å². The Balaban J connectivity index is -0.00000000300. The van der Waals surface area contributed by atoms with E-state index in [1.165, 1.54) is 0 Å². The summed E-state index contributed by atoms with van der Waals surface area (Å²) in [5.74, 6) is 0. The van der Waals surface area contributed by atoms with Crippen molar-refractivity contribution in [3.63, 3.8) is 0 Å². The van der Waals surface area contributed by atoms with Crippen molar-refractivity contribution in [1.29, 1.82) is 0 Å². The molecule has 0 atom stereocenters. The molecule has 18 heavy (non-hydrogen) atoms. The van der Waals surface area contributed by atoms with Crippen LogP contribution in [0.25, 0.3) is 0 Å². The third-order valence-corrected chi connectivity index (χ3v) is 0.478. The molecule has 0 radical (unpaired) electrons. The van der Waals surface area contributed by atoms with E-state index >= 15 is 0 Å². The SMILES string of the molecule is N.N.N.N.N.N.N.N.N.N.[Ru+2].[Ru+2].c1cnccn1. The predicted molar refractivity (Wildman–Crippen MR) is 72.3 cm³/mol. The molecule has 0 fully saturated rings. The molecule has 0 aliphatic rings. The summed E-state index contributed by atoms with van der Waals surface area (Å²) in [6.45, 7) is 0. The molecule has 30 N–H and O–H groups in total. The zero-order chi connectivity index (χ0) is 4.24. The fourth-order valence-electron chi connectivity index (χ4n) is 0.253. The van der Waals surface area contributed by atoms with Crippen LogP contribution in [0.15, 0.2) is 24.8 Å². The van der Waals surface area contributed by atoms with Crippen LogP contribution in [-0.4, -0.2) is 9.97 Å². The van der Waals surface area contributed by atoms with Crippen LogP contribution in [0, 0.1) is 0 Å². The molecule has 1 aromatic heterocycles. The molecular formula is C4H34N12Ru2+4.